The number of carbonyl (C=O) groups excluding carboxylic acids is 1. The molecule has 0 aromatic rings. The summed E-state index contributed by atoms with van der Waals surface area (Å²) in [4.78, 5) is 12.8. The molecule has 0 unspecified atom stereocenters. The number of ether oxygens (including phenoxy) is 1. The first-order valence-electron chi connectivity index (χ1n) is 21.2. The van der Waals surface area contributed by atoms with Crippen LogP contribution in [0, 0.1) is 46.3 Å². The number of hydrogen-bond acceptors (Lipinski definition) is 2. The van der Waals surface area contributed by atoms with Gasteiger partial charge in [0.25, 0.3) is 0 Å². The molecule has 0 amide bonds. The smallest absolute Gasteiger partial charge is 0.306 e. The molecule has 0 aromatic carbocycles. The van der Waals surface area contributed by atoms with Crippen LogP contribution in [0.5, 0.6) is 0 Å². The number of unbranched alkanes of at least 4 members (excludes halogenated alkanes) is 11. The van der Waals surface area contributed by atoms with E-state index in [-0.39, 0.29) is 12.1 Å². The second-order valence-electron chi connectivity index (χ2n) is 18.0. The van der Waals surface area contributed by atoms with E-state index in [1.807, 2.05) is 0 Å². The van der Waals surface area contributed by atoms with E-state index in [4.69, 9.17) is 4.74 Å². The first-order chi connectivity index (χ1) is 22.7. The van der Waals surface area contributed by atoms with Crippen LogP contribution in [0.25, 0.3) is 0 Å². The monoisotopic (exact) mass is 651 g/mol. The van der Waals surface area contributed by atoms with Crippen LogP contribution in [0.1, 0.15) is 202 Å². The predicted octanol–water partition coefficient (Wildman–Crippen LogP) is 14.0. The zero-order valence-electron chi connectivity index (χ0n) is 32.3. The summed E-state index contributed by atoms with van der Waals surface area (Å²) >= 11 is 0. The lowest BCUT2D eigenvalue weighted by Gasteiger charge is -2.58. The Bertz CT molecular complexity index is 976. The zero-order chi connectivity index (χ0) is 33.7. The fourth-order valence-electron chi connectivity index (χ4n) is 11.3. The van der Waals surface area contributed by atoms with Gasteiger partial charge in [0.05, 0.1) is 0 Å². The molecule has 4 aliphatic carbocycles. The Morgan fingerprint density at radius 1 is 0.809 bits per heavy atom. The van der Waals surface area contributed by atoms with E-state index in [9.17, 15) is 4.79 Å². The van der Waals surface area contributed by atoms with E-state index in [1.54, 1.807) is 5.57 Å². The second-order valence-corrected chi connectivity index (χ2v) is 18.0. The summed E-state index contributed by atoms with van der Waals surface area (Å²) in [5, 5.41) is 0. The van der Waals surface area contributed by atoms with E-state index in [2.05, 4.69) is 59.8 Å². The molecule has 0 saturated heterocycles. The maximum absolute atomic E-state index is 12.8. The van der Waals surface area contributed by atoms with Gasteiger partial charge in [0.1, 0.15) is 6.10 Å². The highest BCUT2D eigenvalue weighted by Gasteiger charge is 2.59. The van der Waals surface area contributed by atoms with E-state index in [1.165, 1.54) is 135 Å². The Kier molecular flexibility index (Phi) is 16.0. The highest BCUT2D eigenvalue weighted by molar-refractivity contribution is 5.69. The van der Waals surface area contributed by atoms with E-state index in [0.29, 0.717) is 17.3 Å². The van der Waals surface area contributed by atoms with Crippen LogP contribution >= 0.6 is 0 Å². The predicted molar refractivity (Wildman–Crippen MR) is 202 cm³/mol. The third kappa shape index (κ3) is 10.7. The summed E-state index contributed by atoms with van der Waals surface area (Å²) in [5.74, 6) is 5.32. The molecular weight excluding hydrogens is 572 g/mol. The molecule has 3 saturated carbocycles. The van der Waals surface area contributed by atoms with Crippen LogP contribution in [-0.2, 0) is 9.53 Å². The maximum Gasteiger partial charge on any atom is 0.306 e. The molecule has 0 heterocycles. The lowest BCUT2D eigenvalue weighted by Crippen LogP contribution is -2.51. The molecule has 2 nitrogen and oxygen atoms in total. The second kappa shape index (κ2) is 19.4. The van der Waals surface area contributed by atoms with Crippen molar-refractivity contribution in [2.45, 2.75) is 208 Å². The summed E-state index contributed by atoms with van der Waals surface area (Å²) in [6.07, 6.45) is 39.4. The number of allylic oxidation sites excluding steroid dienone is 3. The summed E-state index contributed by atoms with van der Waals surface area (Å²) in [7, 11) is 0. The molecule has 0 spiro atoms. The average molecular weight is 651 g/mol. The van der Waals surface area contributed by atoms with Crippen molar-refractivity contribution >= 4 is 5.97 Å². The first kappa shape index (κ1) is 38.7. The summed E-state index contributed by atoms with van der Waals surface area (Å²) in [6, 6.07) is 0. The molecule has 0 N–H and O–H groups in total. The van der Waals surface area contributed by atoms with Crippen molar-refractivity contribution in [3.05, 3.63) is 23.8 Å². The van der Waals surface area contributed by atoms with Crippen molar-refractivity contribution in [1.29, 1.82) is 0 Å². The van der Waals surface area contributed by atoms with E-state index >= 15 is 0 Å². The molecule has 0 radical (unpaired) electrons. The lowest BCUT2D eigenvalue weighted by molar-refractivity contribution is -0.151. The number of rotatable bonds is 21. The fraction of sp³-hybridized carbons (Fsp3) is 0.889. The maximum atomic E-state index is 12.8. The van der Waals surface area contributed by atoms with Crippen molar-refractivity contribution in [1.82, 2.24) is 0 Å². The van der Waals surface area contributed by atoms with Gasteiger partial charge < -0.3 is 4.74 Å². The Balaban J connectivity index is 1.11. The molecule has 0 aromatic heterocycles. The minimum Gasteiger partial charge on any atom is -0.462 e. The van der Waals surface area contributed by atoms with Crippen LogP contribution in [0.3, 0.4) is 0 Å². The van der Waals surface area contributed by atoms with Gasteiger partial charge in [-0.15, -0.1) is 0 Å². The van der Waals surface area contributed by atoms with Crippen molar-refractivity contribution in [2.24, 2.45) is 46.3 Å². The van der Waals surface area contributed by atoms with Gasteiger partial charge in [0, 0.05) is 12.8 Å². The van der Waals surface area contributed by atoms with Crippen LogP contribution < -0.4 is 0 Å². The molecule has 0 aliphatic heterocycles. The average Bonchev–Trinajstić information content (AvgIpc) is 3.40. The van der Waals surface area contributed by atoms with Crippen LogP contribution in [-0.4, -0.2) is 12.1 Å². The Hall–Kier alpha value is -1.05. The van der Waals surface area contributed by atoms with E-state index < -0.39 is 0 Å². The van der Waals surface area contributed by atoms with Crippen molar-refractivity contribution < 1.29 is 9.53 Å². The molecule has 47 heavy (non-hydrogen) atoms. The normalized spacial score (nSPS) is 32.6. The van der Waals surface area contributed by atoms with Crippen molar-refractivity contribution in [3.8, 4) is 0 Å². The van der Waals surface area contributed by atoms with Gasteiger partial charge in [-0.2, -0.15) is 0 Å². The van der Waals surface area contributed by atoms with Crippen molar-refractivity contribution in [2.75, 3.05) is 0 Å². The van der Waals surface area contributed by atoms with Gasteiger partial charge in [-0.25, -0.2) is 0 Å². The largest absolute Gasteiger partial charge is 0.462 e. The van der Waals surface area contributed by atoms with Crippen molar-refractivity contribution in [3.63, 3.8) is 0 Å². The zero-order valence-corrected chi connectivity index (χ0v) is 32.3. The molecule has 8 atom stereocenters. The summed E-state index contributed by atoms with van der Waals surface area (Å²) in [6.45, 7) is 14.9. The minimum atomic E-state index is 0.0577. The van der Waals surface area contributed by atoms with Crippen LogP contribution in [0.4, 0.5) is 0 Å². The standard InChI is InChI=1S/C45H78O2/c1-7-8-9-10-11-12-13-14-15-16-17-18-19-20-21-25-43(46)47-38-30-32-44(5)37(34-38)26-27-39-41-29-28-40(36(4)24-22-23-35(2)3)45(41,6)33-31-42(39)44/h12-13,26,35-36,38-42H,7-11,14-25,27-34H2,1-6H3/b13-12-/t36-,38+,39+,40-,41+,42+,44+,45-/m1/s1. The number of hydrogen-bond donors (Lipinski definition) is 0. The highest BCUT2D eigenvalue weighted by Crippen LogP contribution is 2.67. The molecule has 4 rings (SSSR count). The van der Waals surface area contributed by atoms with Gasteiger partial charge in [-0.05, 0) is 123 Å². The van der Waals surface area contributed by atoms with Crippen LogP contribution in [0.15, 0.2) is 23.8 Å². The number of carbonyl (C=O) groups is 1. The van der Waals surface area contributed by atoms with Gasteiger partial charge in [-0.3, -0.25) is 4.79 Å². The quantitative estimate of drug-likeness (QED) is 0.0702. The van der Waals surface area contributed by atoms with E-state index in [0.717, 1.165) is 54.8 Å². The third-order valence-corrected chi connectivity index (χ3v) is 14.2. The molecule has 4 aliphatic rings. The SMILES string of the molecule is CCCCCC/C=C\CCCCCCCCCC(=O)O[C@H]1CC[C@@]2(C)C(=CC[C@H]3[C@@H]4CC[C@H]([C@H](C)CCCC(C)C)[C@@]4(C)CC[C@@H]32)C1. The Morgan fingerprint density at radius 2 is 1.49 bits per heavy atom. The van der Waals surface area contributed by atoms with Gasteiger partial charge in [0.15, 0.2) is 0 Å². The fourth-order valence-corrected chi connectivity index (χ4v) is 11.3. The number of fused-ring (bicyclic) bond motifs is 5. The Morgan fingerprint density at radius 3 is 2.19 bits per heavy atom. The lowest BCUT2D eigenvalue weighted by atomic mass is 9.47. The molecule has 270 valence electrons. The highest BCUT2D eigenvalue weighted by atomic mass is 16.5. The summed E-state index contributed by atoms with van der Waals surface area (Å²) in [5.41, 5.74) is 2.53. The molecular formula is C45H78O2. The molecule has 0 bridgehead atoms. The van der Waals surface area contributed by atoms with Gasteiger partial charge in [-0.1, -0.05) is 136 Å². The Labute approximate surface area is 293 Å². The van der Waals surface area contributed by atoms with Gasteiger partial charge >= 0.3 is 5.97 Å². The minimum absolute atomic E-state index is 0.0577. The third-order valence-electron chi connectivity index (χ3n) is 14.2. The topological polar surface area (TPSA) is 26.3 Å². The molecule has 3 fully saturated rings. The van der Waals surface area contributed by atoms with Gasteiger partial charge in [0.2, 0.25) is 0 Å². The molecule has 2 heteroatoms. The summed E-state index contributed by atoms with van der Waals surface area (Å²) < 4.78 is 6.13. The van der Waals surface area contributed by atoms with Crippen LogP contribution in [0.2, 0.25) is 0 Å². The number of esters is 1. The first-order valence-corrected chi connectivity index (χ1v) is 21.2.